The van der Waals surface area contributed by atoms with Crippen molar-refractivity contribution >= 4 is 28.3 Å². The van der Waals surface area contributed by atoms with E-state index >= 15 is 0 Å². The molecule has 0 spiro atoms. The Labute approximate surface area is 151 Å². The molecule has 1 aliphatic heterocycles. The lowest BCUT2D eigenvalue weighted by molar-refractivity contribution is 0.316. The maximum atomic E-state index is 13.7. The van der Waals surface area contributed by atoms with Crippen LogP contribution in [0.2, 0.25) is 0 Å². The second-order valence-corrected chi connectivity index (χ2v) is 6.81. The first-order chi connectivity index (χ1) is 10.7. The Morgan fingerprint density at radius 1 is 1.13 bits per heavy atom. The molecule has 2 N–H and O–H groups in total. The Bertz CT molecular complexity index is 638. The third-order valence-corrected chi connectivity index (χ3v) is 5.08. The third kappa shape index (κ3) is 4.32. The molecule has 1 saturated heterocycles. The van der Waals surface area contributed by atoms with Crippen molar-refractivity contribution in [2.24, 2.45) is 11.7 Å². The fraction of sp³-hybridized carbons (Fsp3) is 0.333. The summed E-state index contributed by atoms with van der Waals surface area (Å²) in [6.07, 6.45) is 0. The Hall–Kier alpha value is -0.940. The van der Waals surface area contributed by atoms with Gasteiger partial charge < -0.3 is 5.73 Å². The Morgan fingerprint density at radius 2 is 1.87 bits per heavy atom. The molecular formula is C18H21BrClFN2. The highest BCUT2D eigenvalue weighted by Crippen LogP contribution is 2.33. The van der Waals surface area contributed by atoms with E-state index < -0.39 is 0 Å². The zero-order valence-corrected chi connectivity index (χ0v) is 15.2. The topological polar surface area (TPSA) is 29.3 Å². The normalized spacial score (nSPS) is 21.2. The molecule has 0 radical (unpaired) electrons. The SMILES string of the molecule is Cl.NC[C@@H]1CN(Cc2ccc(Br)c(F)c2)C[C@H]1c1ccccc1. The van der Waals surface area contributed by atoms with Crippen LogP contribution in [0.25, 0.3) is 0 Å². The molecule has 1 heterocycles. The molecule has 3 rings (SSSR count). The summed E-state index contributed by atoms with van der Waals surface area (Å²) < 4.78 is 14.2. The van der Waals surface area contributed by atoms with Gasteiger partial charge in [0.05, 0.1) is 4.47 Å². The van der Waals surface area contributed by atoms with Crippen LogP contribution in [0.3, 0.4) is 0 Å². The minimum Gasteiger partial charge on any atom is -0.330 e. The van der Waals surface area contributed by atoms with E-state index in [9.17, 15) is 4.39 Å². The third-order valence-electron chi connectivity index (χ3n) is 4.44. The van der Waals surface area contributed by atoms with E-state index in [2.05, 4.69) is 45.1 Å². The molecule has 0 bridgehead atoms. The Kier molecular flexibility index (Phi) is 6.60. The van der Waals surface area contributed by atoms with Crippen molar-refractivity contribution < 1.29 is 4.39 Å². The van der Waals surface area contributed by atoms with E-state index in [1.54, 1.807) is 12.1 Å². The number of nitrogens with two attached hydrogens (primary N) is 1. The van der Waals surface area contributed by atoms with Crippen molar-refractivity contribution in [3.8, 4) is 0 Å². The minimum absolute atomic E-state index is 0. The summed E-state index contributed by atoms with van der Waals surface area (Å²) in [6, 6.07) is 15.9. The van der Waals surface area contributed by atoms with Crippen LogP contribution in [0.5, 0.6) is 0 Å². The fourth-order valence-corrected chi connectivity index (χ4v) is 3.55. The second-order valence-electron chi connectivity index (χ2n) is 5.96. The molecule has 2 atom stereocenters. The van der Waals surface area contributed by atoms with Crippen LogP contribution in [-0.4, -0.2) is 24.5 Å². The molecule has 5 heteroatoms. The number of likely N-dealkylation sites (tertiary alicyclic amines) is 1. The highest BCUT2D eigenvalue weighted by atomic mass is 79.9. The lowest BCUT2D eigenvalue weighted by Gasteiger charge is -2.17. The van der Waals surface area contributed by atoms with E-state index in [4.69, 9.17) is 5.73 Å². The van der Waals surface area contributed by atoms with Crippen LogP contribution >= 0.6 is 28.3 Å². The van der Waals surface area contributed by atoms with Gasteiger partial charge in [0, 0.05) is 25.6 Å². The first-order valence-corrected chi connectivity index (χ1v) is 8.38. The van der Waals surface area contributed by atoms with E-state index in [0.29, 0.717) is 22.9 Å². The number of nitrogens with zero attached hydrogens (tertiary/aromatic N) is 1. The second kappa shape index (κ2) is 8.25. The Balaban J connectivity index is 0.00000192. The zero-order chi connectivity index (χ0) is 15.5. The summed E-state index contributed by atoms with van der Waals surface area (Å²) in [5, 5.41) is 0. The van der Waals surface area contributed by atoms with E-state index in [1.165, 1.54) is 5.56 Å². The van der Waals surface area contributed by atoms with Gasteiger partial charge in [0.25, 0.3) is 0 Å². The largest absolute Gasteiger partial charge is 0.330 e. The summed E-state index contributed by atoms with van der Waals surface area (Å²) in [5.74, 6) is 0.723. The maximum Gasteiger partial charge on any atom is 0.137 e. The molecule has 1 aliphatic rings. The Morgan fingerprint density at radius 3 is 2.52 bits per heavy atom. The van der Waals surface area contributed by atoms with E-state index in [-0.39, 0.29) is 18.2 Å². The van der Waals surface area contributed by atoms with Gasteiger partial charge in [0.15, 0.2) is 0 Å². The van der Waals surface area contributed by atoms with Crippen LogP contribution in [0.4, 0.5) is 4.39 Å². The van der Waals surface area contributed by atoms with Crippen LogP contribution in [-0.2, 0) is 6.54 Å². The average molecular weight is 400 g/mol. The van der Waals surface area contributed by atoms with Gasteiger partial charge in [-0.15, -0.1) is 12.4 Å². The molecular weight excluding hydrogens is 379 g/mol. The quantitative estimate of drug-likeness (QED) is 0.835. The molecule has 2 aromatic rings. The maximum absolute atomic E-state index is 13.7. The van der Waals surface area contributed by atoms with Gasteiger partial charge in [-0.2, -0.15) is 0 Å². The van der Waals surface area contributed by atoms with E-state index in [0.717, 1.165) is 25.2 Å². The number of rotatable bonds is 4. The number of benzene rings is 2. The molecule has 0 saturated carbocycles. The highest BCUT2D eigenvalue weighted by molar-refractivity contribution is 9.10. The van der Waals surface area contributed by atoms with Crippen LogP contribution < -0.4 is 5.73 Å². The van der Waals surface area contributed by atoms with Crippen molar-refractivity contribution in [1.82, 2.24) is 4.90 Å². The van der Waals surface area contributed by atoms with Crippen molar-refractivity contribution in [2.75, 3.05) is 19.6 Å². The summed E-state index contributed by atoms with van der Waals surface area (Å²) in [7, 11) is 0. The van der Waals surface area contributed by atoms with Gasteiger partial charge >= 0.3 is 0 Å². The van der Waals surface area contributed by atoms with Gasteiger partial charge in [0.1, 0.15) is 5.82 Å². The molecule has 2 aromatic carbocycles. The van der Waals surface area contributed by atoms with Crippen LogP contribution in [0.15, 0.2) is 53.0 Å². The minimum atomic E-state index is -0.202. The lowest BCUT2D eigenvalue weighted by Crippen LogP contribution is -2.23. The standard InChI is InChI=1S/C18H20BrFN2.ClH/c19-17-7-6-13(8-18(17)20)10-22-11-15(9-21)16(12-22)14-4-2-1-3-5-14;/h1-8,15-16H,9-12,21H2;1H/t15-,16+;/m1./s1. The number of halogens is 3. The van der Waals surface area contributed by atoms with Crippen molar-refractivity contribution in [3.05, 3.63) is 69.9 Å². The highest BCUT2D eigenvalue weighted by Gasteiger charge is 2.32. The average Bonchev–Trinajstić information content (AvgIpc) is 2.95. The van der Waals surface area contributed by atoms with Crippen molar-refractivity contribution in [2.45, 2.75) is 12.5 Å². The van der Waals surface area contributed by atoms with Gasteiger partial charge in [-0.3, -0.25) is 4.90 Å². The van der Waals surface area contributed by atoms with Crippen LogP contribution in [0.1, 0.15) is 17.0 Å². The van der Waals surface area contributed by atoms with Crippen molar-refractivity contribution in [1.29, 1.82) is 0 Å². The molecule has 0 aliphatic carbocycles. The summed E-state index contributed by atoms with van der Waals surface area (Å²) >= 11 is 3.20. The molecule has 124 valence electrons. The van der Waals surface area contributed by atoms with E-state index in [1.807, 2.05) is 12.1 Å². The molecule has 0 amide bonds. The molecule has 23 heavy (non-hydrogen) atoms. The van der Waals surface area contributed by atoms with Gasteiger partial charge in [0.2, 0.25) is 0 Å². The zero-order valence-electron chi connectivity index (χ0n) is 12.8. The molecule has 0 aromatic heterocycles. The molecule has 2 nitrogen and oxygen atoms in total. The summed E-state index contributed by atoms with van der Waals surface area (Å²) in [4.78, 5) is 2.37. The fourth-order valence-electron chi connectivity index (χ4n) is 3.30. The first-order valence-electron chi connectivity index (χ1n) is 7.58. The van der Waals surface area contributed by atoms with Crippen molar-refractivity contribution in [3.63, 3.8) is 0 Å². The number of hydrogen-bond donors (Lipinski definition) is 1. The van der Waals surface area contributed by atoms with Crippen LogP contribution in [0, 0.1) is 11.7 Å². The predicted molar refractivity (Wildman–Crippen MR) is 98.4 cm³/mol. The predicted octanol–water partition coefficient (Wildman–Crippen LogP) is 4.18. The lowest BCUT2D eigenvalue weighted by atomic mass is 9.89. The molecule has 0 unspecified atom stereocenters. The molecule has 1 fully saturated rings. The van der Waals surface area contributed by atoms with Gasteiger partial charge in [-0.1, -0.05) is 36.4 Å². The summed E-state index contributed by atoms with van der Waals surface area (Å²) in [5.41, 5.74) is 8.32. The first kappa shape index (κ1) is 18.4. The van der Waals surface area contributed by atoms with Gasteiger partial charge in [-0.05, 0) is 51.7 Å². The summed E-state index contributed by atoms with van der Waals surface area (Å²) in [6.45, 7) is 3.39. The van der Waals surface area contributed by atoms with Gasteiger partial charge in [-0.25, -0.2) is 4.39 Å². The monoisotopic (exact) mass is 398 g/mol. The number of hydrogen-bond acceptors (Lipinski definition) is 2. The smallest absolute Gasteiger partial charge is 0.137 e.